The second kappa shape index (κ2) is 7.83. The SMILES string of the molecule is Cc1ccccc1CC(=O)NCCc1ccc2c(c1)NC(=O)CCO2. The Kier molecular flexibility index (Phi) is 5.33. The van der Waals surface area contributed by atoms with Gasteiger partial charge in [0.1, 0.15) is 5.75 Å². The van der Waals surface area contributed by atoms with E-state index in [-0.39, 0.29) is 11.8 Å². The average molecular weight is 338 g/mol. The number of carbonyl (C=O) groups excluding carboxylic acids is 2. The summed E-state index contributed by atoms with van der Waals surface area (Å²) in [6.45, 7) is 2.96. The molecule has 0 spiro atoms. The number of hydrogen-bond acceptors (Lipinski definition) is 3. The summed E-state index contributed by atoms with van der Waals surface area (Å²) in [6.07, 6.45) is 1.45. The lowest BCUT2D eigenvalue weighted by Gasteiger charge is -2.10. The molecule has 25 heavy (non-hydrogen) atoms. The standard InChI is InChI=1S/C20H22N2O3/c1-14-4-2-3-5-16(14)13-20(24)21-10-8-15-6-7-18-17(12-15)22-19(23)9-11-25-18/h2-7,12H,8-11,13H2,1H3,(H,21,24)(H,22,23). The van der Waals surface area contributed by atoms with Crippen molar-refractivity contribution in [2.45, 2.75) is 26.2 Å². The summed E-state index contributed by atoms with van der Waals surface area (Å²) in [6, 6.07) is 13.6. The van der Waals surface area contributed by atoms with Crippen molar-refractivity contribution in [2.24, 2.45) is 0 Å². The van der Waals surface area contributed by atoms with Crippen molar-refractivity contribution < 1.29 is 14.3 Å². The van der Waals surface area contributed by atoms with Crippen LogP contribution in [0.25, 0.3) is 0 Å². The van der Waals surface area contributed by atoms with Crippen molar-refractivity contribution in [1.82, 2.24) is 5.32 Å². The van der Waals surface area contributed by atoms with Crippen molar-refractivity contribution in [3.8, 4) is 5.75 Å². The van der Waals surface area contributed by atoms with Crippen molar-refractivity contribution in [2.75, 3.05) is 18.5 Å². The van der Waals surface area contributed by atoms with E-state index in [2.05, 4.69) is 10.6 Å². The molecule has 2 N–H and O–H groups in total. The normalized spacial score (nSPS) is 13.2. The van der Waals surface area contributed by atoms with Crippen LogP contribution in [-0.4, -0.2) is 25.0 Å². The number of benzene rings is 2. The Morgan fingerprint density at radius 1 is 1.24 bits per heavy atom. The Morgan fingerprint density at radius 2 is 2.08 bits per heavy atom. The first-order valence-corrected chi connectivity index (χ1v) is 8.48. The van der Waals surface area contributed by atoms with Crippen LogP contribution in [0.4, 0.5) is 5.69 Å². The fourth-order valence-corrected chi connectivity index (χ4v) is 2.81. The quantitative estimate of drug-likeness (QED) is 0.881. The lowest BCUT2D eigenvalue weighted by Crippen LogP contribution is -2.27. The van der Waals surface area contributed by atoms with Crippen LogP contribution in [0, 0.1) is 6.92 Å². The fourth-order valence-electron chi connectivity index (χ4n) is 2.81. The van der Waals surface area contributed by atoms with E-state index in [1.54, 1.807) is 0 Å². The summed E-state index contributed by atoms with van der Waals surface area (Å²) < 4.78 is 5.54. The molecule has 2 aromatic rings. The Hall–Kier alpha value is -2.82. The van der Waals surface area contributed by atoms with E-state index in [0.717, 1.165) is 16.7 Å². The summed E-state index contributed by atoms with van der Waals surface area (Å²) in [5.74, 6) is 0.668. The molecule has 2 amide bonds. The van der Waals surface area contributed by atoms with Gasteiger partial charge in [0.05, 0.1) is 25.1 Å². The number of hydrogen-bond donors (Lipinski definition) is 2. The van der Waals surface area contributed by atoms with Gasteiger partial charge >= 0.3 is 0 Å². The lowest BCUT2D eigenvalue weighted by atomic mass is 10.1. The van der Waals surface area contributed by atoms with Crippen molar-refractivity contribution >= 4 is 17.5 Å². The van der Waals surface area contributed by atoms with Gasteiger partial charge in [0.2, 0.25) is 11.8 Å². The van der Waals surface area contributed by atoms with E-state index in [1.165, 1.54) is 0 Å². The molecule has 0 saturated heterocycles. The Morgan fingerprint density at radius 3 is 2.92 bits per heavy atom. The molecular formula is C20H22N2O3. The van der Waals surface area contributed by atoms with Gasteiger partial charge in [0.25, 0.3) is 0 Å². The maximum atomic E-state index is 12.1. The minimum Gasteiger partial charge on any atom is -0.491 e. The number of amides is 2. The number of ether oxygens (including phenoxy) is 1. The predicted octanol–water partition coefficient (Wildman–Crippen LogP) is 2.62. The van der Waals surface area contributed by atoms with Gasteiger partial charge in [-0.05, 0) is 42.2 Å². The van der Waals surface area contributed by atoms with Gasteiger partial charge in [-0.3, -0.25) is 9.59 Å². The van der Waals surface area contributed by atoms with Gasteiger partial charge in [-0.15, -0.1) is 0 Å². The van der Waals surface area contributed by atoms with Crippen LogP contribution in [0.5, 0.6) is 5.75 Å². The second-order valence-electron chi connectivity index (χ2n) is 6.18. The van der Waals surface area contributed by atoms with E-state index < -0.39 is 0 Å². The summed E-state index contributed by atoms with van der Waals surface area (Å²) in [4.78, 5) is 23.7. The highest BCUT2D eigenvalue weighted by Gasteiger charge is 2.14. The van der Waals surface area contributed by atoms with Crippen molar-refractivity contribution in [3.63, 3.8) is 0 Å². The van der Waals surface area contributed by atoms with Crippen LogP contribution in [-0.2, 0) is 22.4 Å². The first-order valence-electron chi connectivity index (χ1n) is 8.48. The molecule has 3 rings (SSSR count). The summed E-state index contributed by atoms with van der Waals surface area (Å²) >= 11 is 0. The van der Waals surface area contributed by atoms with Crippen LogP contribution in [0.2, 0.25) is 0 Å². The Balaban J connectivity index is 1.53. The van der Waals surface area contributed by atoms with Gasteiger partial charge in [0.15, 0.2) is 0 Å². The van der Waals surface area contributed by atoms with E-state index in [1.807, 2.05) is 49.4 Å². The molecule has 2 aromatic carbocycles. The zero-order valence-electron chi connectivity index (χ0n) is 14.3. The molecule has 0 unspecified atom stereocenters. The second-order valence-corrected chi connectivity index (χ2v) is 6.18. The van der Waals surface area contributed by atoms with Crippen LogP contribution in [0.1, 0.15) is 23.1 Å². The molecule has 1 aliphatic rings. The number of anilines is 1. The largest absolute Gasteiger partial charge is 0.491 e. The number of fused-ring (bicyclic) bond motifs is 1. The maximum Gasteiger partial charge on any atom is 0.227 e. The molecule has 0 saturated carbocycles. The van der Waals surface area contributed by atoms with E-state index in [9.17, 15) is 9.59 Å². The van der Waals surface area contributed by atoms with Gasteiger partial charge in [-0.1, -0.05) is 30.3 Å². The third-order valence-electron chi connectivity index (χ3n) is 4.25. The maximum absolute atomic E-state index is 12.1. The predicted molar refractivity (Wildman–Crippen MR) is 96.8 cm³/mol. The first kappa shape index (κ1) is 17.0. The zero-order valence-corrected chi connectivity index (χ0v) is 14.3. The molecule has 0 fully saturated rings. The first-order chi connectivity index (χ1) is 12.1. The van der Waals surface area contributed by atoms with E-state index >= 15 is 0 Å². The van der Waals surface area contributed by atoms with Gasteiger partial charge in [0, 0.05) is 6.54 Å². The monoisotopic (exact) mass is 338 g/mol. The van der Waals surface area contributed by atoms with Crippen LogP contribution >= 0.6 is 0 Å². The highest BCUT2D eigenvalue weighted by atomic mass is 16.5. The van der Waals surface area contributed by atoms with Crippen molar-refractivity contribution in [1.29, 1.82) is 0 Å². The van der Waals surface area contributed by atoms with Crippen LogP contribution < -0.4 is 15.4 Å². The molecule has 5 nitrogen and oxygen atoms in total. The molecule has 1 heterocycles. The van der Waals surface area contributed by atoms with Gasteiger partial charge in [-0.2, -0.15) is 0 Å². The van der Waals surface area contributed by atoms with Crippen LogP contribution in [0.15, 0.2) is 42.5 Å². The topological polar surface area (TPSA) is 67.4 Å². The summed E-state index contributed by atoms with van der Waals surface area (Å²) in [5, 5.41) is 5.80. The average Bonchev–Trinajstić information content (AvgIpc) is 2.77. The fraction of sp³-hybridized carbons (Fsp3) is 0.300. The summed E-state index contributed by atoms with van der Waals surface area (Å²) in [7, 11) is 0. The van der Waals surface area contributed by atoms with E-state index in [0.29, 0.717) is 43.9 Å². The molecular weight excluding hydrogens is 316 g/mol. The molecule has 0 bridgehead atoms. The molecule has 0 radical (unpaired) electrons. The molecule has 0 aliphatic carbocycles. The smallest absolute Gasteiger partial charge is 0.227 e. The van der Waals surface area contributed by atoms with Gasteiger partial charge < -0.3 is 15.4 Å². The Bertz CT molecular complexity index is 786. The lowest BCUT2D eigenvalue weighted by molar-refractivity contribution is -0.120. The third kappa shape index (κ3) is 4.59. The number of rotatable bonds is 5. The molecule has 0 atom stereocenters. The summed E-state index contributed by atoms with van der Waals surface area (Å²) in [5.41, 5.74) is 3.91. The minimum atomic E-state index is -0.0394. The van der Waals surface area contributed by atoms with Crippen LogP contribution in [0.3, 0.4) is 0 Å². The number of nitrogens with one attached hydrogen (secondary N) is 2. The molecule has 5 heteroatoms. The van der Waals surface area contributed by atoms with Gasteiger partial charge in [-0.25, -0.2) is 0 Å². The Labute approximate surface area is 147 Å². The molecule has 1 aliphatic heterocycles. The van der Waals surface area contributed by atoms with E-state index in [4.69, 9.17) is 4.74 Å². The third-order valence-corrected chi connectivity index (χ3v) is 4.25. The molecule has 130 valence electrons. The van der Waals surface area contributed by atoms with Crippen molar-refractivity contribution in [3.05, 3.63) is 59.2 Å². The number of aryl methyl sites for hydroxylation is 1. The zero-order chi connectivity index (χ0) is 17.6. The highest BCUT2D eigenvalue weighted by Crippen LogP contribution is 2.28. The minimum absolute atomic E-state index is 0.0145. The number of carbonyl (C=O) groups is 2. The molecule has 0 aromatic heterocycles. The highest BCUT2D eigenvalue weighted by molar-refractivity contribution is 5.93.